The monoisotopic (exact) mass is 435 g/mol. The summed E-state index contributed by atoms with van der Waals surface area (Å²) >= 11 is 0. The van der Waals surface area contributed by atoms with Crippen LogP contribution in [0.15, 0.2) is 30.6 Å². The molecule has 2 aromatic rings. The van der Waals surface area contributed by atoms with Crippen molar-refractivity contribution >= 4 is 11.9 Å². The van der Waals surface area contributed by atoms with Gasteiger partial charge in [0.05, 0.1) is 7.11 Å². The Balaban J connectivity index is 1.32. The fourth-order valence-electron chi connectivity index (χ4n) is 4.41. The highest BCUT2D eigenvalue weighted by molar-refractivity contribution is 5.81. The van der Waals surface area contributed by atoms with Gasteiger partial charge in [-0.25, -0.2) is 13.5 Å². The number of halogens is 2. The summed E-state index contributed by atoms with van der Waals surface area (Å²) < 4.78 is 39.3. The van der Waals surface area contributed by atoms with Crippen molar-refractivity contribution in [2.24, 2.45) is 5.92 Å². The van der Waals surface area contributed by atoms with E-state index in [1.165, 1.54) is 11.0 Å². The minimum Gasteiger partial charge on any atom is -0.497 e. The lowest BCUT2D eigenvalue weighted by Crippen LogP contribution is -2.48. The molecule has 1 saturated heterocycles. The molecule has 10 heteroatoms. The number of anilines is 1. The maximum Gasteiger partial charge on any atom is 0.263 e. The highest BCUT2D eigenvalue weighted by Gasteiger charge is 2.39. The zero-order chi connectivity index (χ0) is 22.0. The molecule has 1 aromatic heterocycles. The van der Waals surface area contributed by atoms with E-state index < -0.39 is 18.6 Å². The summed E-state index contributed by atoms with van der Waals surface area (Å²) in [6.07, 6.45) is -0.0641. The lowest BCUT2D eigenvalue weighted by atomic mass is 9.85. The molecular formula is C21H27F2N5O3. The Kier molecular flexibility index (Phi) is 6.24. The Labute approximate surface area is 179 Å². The molecular weight excluding hydrogens is 408 g/mol. The predicted molar refractivity (Wildman–Crippen MR) is 109 cm³/mol. The molecule has 2 aliphatic rings. The lowest BCUT2D eigenvalue weighted by molar-refractivity contribution is -0.139. The first-order valence-corrected chi connectivity index (χ1v) is 10.5. The van der Waals surface area contributed by atoms with Gasteiger partial charge in [-0.05, 0) is 44.2 Å². The van der Waals surface area contributed by atoms with Crippen LogP contribution in [0.1, 0.15) is 32.2 Å². The standard InChI is InChI=1S/C21H27F2N5O3/c1-13(31-16-5-3-4-15(10-16)30-2)20(29)27-8-6-14(7-9-27)17-11-18(19(22)23)28-21(26-17)24-12-25-28/h3-5,10,12-14,17-19H,6-9,11H2,1-2H3,(H,24,25,26)/t13-,17+,18-/m1/s1. The van der Waals surface area contributed by atoms with E-state index in [-0.39, 0.29) is 17.9 Å². The number of amides is 1. The number of piperidine rings is 1. The average Bonchev–Trinajstić information content (AvgIpc) is 3.26. The number of methoxy groups -OCH3 is 1. The number of hydrogen-bond acceptors (Lipinski definition) is 6. The van der Waals surface area contributed by atoms with Crippen LogP contribution in [0, 0.1) is 5.92 Å². The van der Waals surface area contributed by atoms with Crippen LogP contribution in [0.25, 0.3) is 0 Å². The number of carbonyl (C=O) groups is 1. The second-order valence-corrected chi connectivity index (χ2v) is 8.02. The minimum atomic E-state index is -2.50. The lowest BCUT2D eigenvalue weighted by Gasteiger charge is -2.40. The molecule has 4 rings (SSSR count). The van der Waals surface area contributed by atoms with Crippen molar-refractivity contribution in [3.05, 3.63) is 30.6 Å². The average molecular weight is 435 g/mol. The molecule has 31 heavy (non-hydrogen) atoms. The molecule has 0 spiro atoms. The topological polar surface area (TPSA) is 81.5 Å². The van der Waals surface area contributed by atoms with Gasteiger partial charge in [-0.3, -0.25) is 4.79 Å². The van der Waals surface area contributed by atoms with Gasteiger partial charge >= 0.3 is 0 Å². The van der Waals surface area contributed by atoms with Gasteiger partial charge in [0.25, 0.3) is 12.3 Å². The van der Waals surface area contributed by atoms with E-state index in [4.69, 9.17) is 9.47 Å². The fraction of sp³-hybridized carbons (Fsp3) is 0.571. The molecule has 1 amide bonds. The summed E-state index contributed by atoms with van der Waals surface area (Å²) in [5.74, 6) is 1.73. The molecule has 168 valence electrons. The molecule has 8 nitrogen and oxygen atoms in total. The summed E-state index contributed by atoms with van der Waals surface area (Å²) in [7, 11) is 1.58. The van der Waals surface area contributed by atoms with Gasteiger partial charge < -0.3 is 19.7 Å². The minimum absolute atomic E-state index is 0.0805. The molecule has 3 atom stereocenters. The smallest absolute Gasteiger partial charge is 0.263 e. The van der Waals surface area contributed by atoms with E-state index in [1.807, 2.05) is 12.1 Å². The molecule has 1 fully saturated rings. The predicted octanol–water partition coefficient (Wildman–Crippen LogP) is 2.98. The summed E-state index contributed by atoms with van der Waals surface area (Å²) in [5.41, 5.74) is 0. The normalized spacial score (nSPS) is 22.5. The van der Waals surface area contributed by atoms with Crippen molar-refractivity contribution in [3.63, 3.8) is 0 Å². The number of alkyl halides is 2. The third kappa shape index (κ3) is 4.57. The van der Waals surface area contributed by atoms with Gasteiger partial charge in [0.1, 0.15) is 23.9 Å². The number of hydrogen-bond donors (Lipinski definition) is 1. The number of nitrogens with zero attached hydrogens (tertiary/aromatic N) is 4. The summed E-state index contributed by atoms with van der Waals surface area (Å²) in [5, 5.41) is 7.19. The Bertz CT molecular complexity index is 901. The van der Waals surface area contributed by atoms with Crippen LogP contribution in [-0.4, -0.2) is 64.3 Å². The van der Waals surface area contributed by atoms with Crippen LogP contribution in [0.5, 0.6) is 11.5 Å². The van der Waals surface area contributed by atoms with Crippen LogP contribution in [0.4, 0.5) is 14.7 Å². The molecule has 2 aliphatic heterocycles. The van der Waals surface area contributed by atoms with Crippen molar-refractivity contribution in [2.75, 3.05) is 25.5 Å². The van der Waals surface area contributed by atoms with Crippen LogP contribution < -0.4 is 14.8 Å². The van der Waals surface area contributed by atoms with E-state index in [2.05, 4.69) is 15.4 Å². The summed E-state index contributed by atoms with van der Waals surface area (Å²) in [4.78, 5) is 18.7. The van der Waals surface area contributed by atoms with Crippen molar-refractivity contribution in [2.45, 2.75) is 50.8 Å². The molecule has 0 aliphatic carbocycles. The highest BCUT2D eigenvalue weighted by Crippen LogP contribution is 2.35. The largest absolute Gasteiger partial charge is 0.497 e. The van der Waals surface area contributed by atoms with Gasteiger partial charge in [0.2, 0.25) is 5.95 Å². The Morgan fingerprint density at radius 3 is 2.71 bits per heavy atom. The van der Waals surface area contributed by atoms with Crippen molar-refractivity contribution < 1.29 is 23.0 Å². The first-order valence-electron chi connectivity index (χ1n) is 10.5. The zero-order valence-corrected chi connectivity index (χ0v) is 17.6. The van der Waals surface area contributed by atoms with E-state index in [0.717, 1.165) is 12.8 Å². The quantitative estimate of drug-likeness (QED) is 0.751. The maximum absolute atomic E-state index is 13.5. The molecule has 3 heterocycles. The SMILES string of the molecule is COc1cccc(O[C@H](C)C(=O)N2CCC([C@@H]3C[C@H](C(F)F)n4ncnc4N3)CC2)c1. The first-order chi connectivity index (χ1) is 15.0. The van der Waals surface area contributed by atoms with Crippen molar-refractivity contribution in [1.29, 1.82) is 0 Å². The number of carbonyl (C=O) groups excluding carboxylic acids is 1. The van der Waals surface area contributed by atoms with Crippen LogP contribution >= 0.6 is 0 Å². The Morgan fingerprint density at radius 1 is 1.26 bits per heavy atom. The fourth-order valence-corrected chi connectivity index (χ4v) is 4.41. The van der Waals surface area contributed by atoms with E-state index in [9.17, 15) is 13.6 Å². The van der Waals surface area contributed by atoms with Crippen LogP contribution in [0.3, 0.4) is 0 Å². The van der Waals surface area contributed by atoms with Crippen molar-refractivity contribution in [1.82, 2.24) is 19.7 Å². The first kappa shape index (κ1) is 21.3. The number of aromatic nitrogens is 3. The van der Waals surface area contributed by atoms with E-state index in [1.54, 1.807) is 31.1 Å². The van der Waals surface area contributed by atoms with Crippen LogP contribution in [-0.2, 0) is 4.79 Å². The summed E-state index contributed by atoms with van der Waals surface area (Å²) in [6, 6.07) is 6.05. The third-order valence-electron chi connectivity index (χ3n) is 6.11. The summed E-state index contributed by atoms with van der Waals surface area (Å²) in [6.45, 7) is 2.87. The van der Waals surface area contributed by atoms with Gasteiger partial charge in [0, 0.05) is 25.2 Å². The maximum atomic E-state index is 13.5. The molecule has 0 saturated carbocycles. The molecule has 1 N–H and O–H groups in total. The van der Waals surface area contributed by atoms with Gasteiger partial charge in [0.15, 0.2) is 6.10 Å². The third-order valence-corrected chi connectivity index (χ3v) is 6.11. The molecule has 0 radical (unpaired) electrons. The van der Waals surface area contributed by atoms with E-state index in [0.29, 0.717) is 37.0 Å². The Morgan fingerprint density at radius 2 is 2.00 bits per heavy atom. The highest BCUT2D eigenvalue weighted by atomic mass is 19.3. The second-order valence-electron chi connectivity index (χ2n) is 8.02. The number of fused-ring (bicyclic) bond motifs is 1. The molecule has 0 bridgehead atoms. The second kappa shape index (κ2) is 9.07. The van der Waals surface area contributed by atoms with E-state index >= 15 is 0 Å². The number of rotatable bonds is 6. The number of ether oxygens (including phenoxy) is 2. The number of likely N-dealkylation sites (tertiary alicyclic amines) is 1. The number of benzene rings is 1. The molecule has 0 unspecified atom stereocenters. The van der Waals surface area contributed by atoms with Crippen molar-refractivity contribution in [3.8, 4) is 11.5 Å². The van der Waals surface area contributed by atoms with Crippen LogP contribution in [0.2, 0.25) is 0 Å². The van der Waals surface area contributed by atoms with Gasteiger partial charge in [-0.2, -0.15) is 10.1 Å². The zero-order valence-electron chi connectivity index (χ0n) is 17.6. The number of nitrogens with one attached hydrogen (secondary N) is 1. The van der Waals surface area contributed by atoms with Gasteiger partial charge in [-0.1, -0.05) is 6.07 Å². The Hall–Kier alpha value is -2.91. The molecule has 1 aromatic carbocycles. The van der Waals surface area contributed by atoms with Gasteiger partial charge in [-0.15, -0.1) is 0 Å².